The first-order chi connectivity index (χ1) is 11.6. The Labute approximate surface area is 150 Å². The summed E-state index contributed by atoms with van der Waals surface area (Å²) in [5, 5.41) is 1.29. The van der Waals surface area contributed by atoms with E-state index in [-0.39, 0.29) is 0 Å². The molecule has 0 aliphatic rings. The van der Waals surface area contributed by atoms with Crippen molar-refractivity contribution in [3.63, 3.8) is 0 Å². The predicted octanol–water partition coefficient (Wildman–Crippen LogP) is 7.94. The van der Waals surface area contributed by atoms with Crippen molar-refractivity contribution >= 4 is 16.6 Å². The molecule has 0 radical (unpaired) electrons. The van der Waals surface area contributed by atoms with E-state index in [1.807, 2.05) is 13.8 Å². The van der Waals surface area contributed by atoms with Gasteiger partial charge in [-0.05, 0) is 42.9 Å². The summed E-state index contributed by atoms with van der Waals surface area (Å²) in [4.78, 5) is 0. The zero-order valence-corrected chi connectivity index (χ0v) is 16.8. The van der Waals surface area contributed by atoms with E-state index < -0.39 is 0 Å². The normalized spacial score (nSPS) is 11.2. The van der Waals surface area contributed by atoms with Crippen molar-refractivity contribution < 1.29 is 0 Å². The summed E-state index contributed by atoms with van der Waals surface area (Å²) < 4.78 is 2.23. The van der Waals surface area contributed by atoms with Crippen molar-refractivity contribution in [2.45, 2.75) is 67.7 Å². The van der Waals surface area contributed by atoms with Crippen LogP contribution in [0.1, 0.15) is 67.7 Å². The van der Waals surface area contributed by atoms with Gasteiger partial charge in [-0.2, -0.15) is 0 Å². The fourth-order valence-electron chi connectivity index (χ4n) is 2.51. The predicted molar refractivity (Wildman–Crippen MR) is 112 cm³/mol. The monoisotopic (exact) mass is 327 g/mol. The second-order valence-corrected chi connectivity index (χ2v) is 5.96. The molecule has 0 aliphatic carbocycles. The van der Waals surface area contributed by atoms with Gasteiger partial charge in [-0.25, -0.2) is 0 Å². The summed E-state index contributed by atoms with van der Waals surface area (Å²) in [6.07, 6.45) is 12.4. The Balaban J connectivity index is 0.000000563. The smallest absolute Gasteiger partial charge is 0.0528 e. The number of allylic oxidation sites excluding steroid dienone is 4. The minimum Gasteiger partial charge on any atom is -0.317 e. The lowest BCUT2D eigenvalue weighted by atomic mass is 10.1. The second-order valence-electron chi connectivity index (χ2n) is 5.96. The highest BCUT2D eigenvalue weighted by Gasteiger charge is 2.01. The lowest BCUT2D eigenvalue weighted by Crippen LogP contribution is -1.91. The molecule has 0 bridgehead atoms. The molecule has 0 saturated heterocycles. The van der Waals surface area contributed by atoms with Crippen molar-refractivity contribution in [1.29, 1.82) is 0 Å². The number of hydrogen-bond donors (Lipinski definition) is 0. The number of rotatable bonds is 5. The Hall–Kier alpha value is -1.76. The van der Waals surface area contributed by atoms with Gasteiger partial charge < -0.3 is 4.57 Å². The molecule has 0 N–H and O–H groups in total. The number of aromatic nitrogens is 1. The first-order valence-corrected chi connectivity index (χ1v) is 9.53. The maximum absolute atomic E-state index is 2.25. The van der Waals surface area contributed by atoms with Crippen LogP contribution in [-0.4, -0.2) is 4.57 Å². The quantitative estimate of drug-likeness (QED) is 0.491. The summed E-state index contributed by atoms with van der Waals surface area (Å²) in [5.41, 5.74) is 2.51. The van der Waals surface area contributed by atoms with E-state index in [9.17, 15) is 0 Å². The zero-order chi connectivity index (χ0) is 18.4. The Morgan fingerprint density at radius 2 is 1.75 bits per heavy atom. The number of hydrogen-bond acceptors (Lipinski definition) is 0. The van der Waals surface area contributed by atoms with Crippen molar-refractivity contribution in [2.75, 3.05) is 0 Å². The highest BCUT2D eigenvalue weighted by Crippen LogP contribution is 2.20. The molecule has 2 rings (SSSR count). The van der Waals surface area contributed by atoms with Crippen LogP contribution >= 0.6 is 0 Å². The van der Waals surface area contributed by atoms with E-state index in [4.69, 9.17) is 0 Å². The average molecular weight is 328 g/mol. The van der Waals surface area contributed by atoms with E-state index in [1.54, 1.807) is 0 Å². The highest BCUT2D eigenvalue weighted by molar-refractivity contribution is 5.84. The van der Waals surface area contributed by atoms with Gasteiger partial charge in [0.2, 0.25) is 0 Å². The summed E-state index contributed by atoms with van der Waals surface area (Å²) in [6, 6.07) is 10.6. The van der Waals surface area contributed by atoms with Crippen LogP contribution in [0.25, 0.3) is 16.6 Å². The van der Waals surface area contributed by atoms with Gasteiger partial charge in [0.15, 0.2) is 0 Å². The van der Waals surface area contributed by atoms with Crippen molar-refractivity contribution in [3.8, 4) is 0 Å². The maximum Gasteiger partial charge on any atom is 0.0528 e. The average Bonchev–Trinajstić information content (AvgIpc) is 3.01. The summed E-state index contributed by atoms with van der Waals surface area (Å²) in [6.45, 7) is 14.9. The third kappa shape index (κ3) is 7.68. The fraction of sp³-hybridized carbons (Fsp3) is 0.478. The van der Waals surface area contributed by atoms with Crippen LogP contribution in [0.5, 0.6) is 0 Å². The number of benzene rings is 1. The van der Waals surface area contributed by atoms with Crippen molar-refractivity contribution in [3.05, 3.63) is 54.8 Å². The van der Waals surface area contributed by atoms with Gasteiger partial charge in [-0.3, -0.25) is 0 Å². The Morgan fingerprint density at radius 1 is 1.08 bits per heavy atom. The molecule has 0 amide bonds. The fourth-order valence-corrected chi connectivity index (χ4v) is 2.51. The van der Waals surface area contributed by atoms with E-state index in [1.165, 1.54) is 29.4 Å². The number of fused-ring (bicyclic) bond motifs is 1. The van der Waals surface area contributed by atoms with E-state index in [0.717, 1.165) is 12.3 Å². The molecule has 1 heterocycles. The summed E-state index contributed by atoms with van der Waals surface area (Å²) in [7, 11) is 0. The molecular formula is C23H37N. The van der Waals surface area contributed by atoms with Crippen LogP contribution in [0.2, 0.25) is 0 Å². The zero-order valence-electron chi connectivity index (χ0n) is 16.8. The first-order valence-electron chi connectivity index (χ1n) is 9.53. The molecule has 134 valence electrons. The van der Waals surface area contributed by atoms with Gasteiger partial charge in [-0.1, -0.05) is 84.7 Å². The lowest BCUT2D eigenvalue weighted by molar-refractivity contribution is 0.576. The summed E-state index contributed by atoms with van der Waals surface area (Å²) >= 11 is 0. The van der Waals surface area contributed by atoms with Gasteiger partial charge in [0.25, 0.3) is 0 Å². The Morgan fingerprint density at radius 3 is 2.25 bits per heavy atom. The van der Waals surface area contributed by atoms with Gasteiger partial charge >= 0.3 is 0 Å². The molecule has 1 aromatic carbocycles. The number of para-hydroxylation sites is 1. The SMILES string of the molecule is C/C=C\C(=C/CC)n1ccc2ccccc21.CC.CCCC(C)C. The minimum atomic E-state index is 0.898. The molecule has 2 aromatic rings. The van der Waals surface area contributed by atoms with Gasteiger partial charge in [0, 0.05) is 11.9 Å². The van der Waals surface area contributed by atoms with Crippen LogP contribution in [0.15, 0.2) is 54.8 Å². The number of nitrogens with zero attached hydrogens (tertiary/aromatic N) is 1. The van der Waals surface area contributed by atoms with Crippen LogP contribution in [0.4, 0.5) is 0 Å². The molecule has 1 aromatic heterocycles. The molecule has 24 heavy (non-hydrogen) atoms. The van der Waals surface area contributed by atoms with Crippen molar-refractivity contribution in [2.24, 2.45) is 5.92 Å². The minimum absolute atomic E-state index is 0.898. The van der Waals surface area contributed by atoms with Crippen LogP contribution in [-0.2, 0) is 0 Å². The van der Waals surface area contributed by atoms with Crippen molar-refractivity contribution in [1.82, 2.24) is 4.57 Å². The molecular weight excluding hydrogens is 290 g/mol. The molecule has 0 saturated carbocycles. The Bertz CT molecular complexity index is 599. The van der Waals surface area contributed by atoms with E-state index in [2.05, 4.69) is 93.9 Å². The molecule has 0 spiro atoms. The first kappa shape index (κ1) is 22.2. The largest absolute Gasteiger partial charge is 0.317 e. The molecule has 0 unspecified atom stereocenters. The van der Waals surface area contributed by atoms with Crippen LogP contribution in [0.3, 0.4) is 0 Å². The third-order valence-corrected chi connectivity index (χ3v) is 3.49. The lowest BCUT2D eigenvalue weighted by Gasteiger charge is -2.06. The molecule has 1 nitrogen and oxygen atoms in total. The third-order valence-electron chi connectivity index (χ3n) is 3.49. The van der Waals surface area contributed by atoms with Crippen LogP contribution < -0.4 is 0 Å². The van der Waals surface area contributed by atoms with Gasteiger partial charge in [0.05, 0.1) is 5.52 Å². The van der Waals surface area contributed by atoms with E-state index >= 15 is 0 Å². The second kappa shape index (κ2) is 13.7. The van der Waals surface area contributed by atoms with Crippen LogP contribution in [0, 0.1) is 5.92 Å². The topological polar surface area (TPSA) is 4.93 Å². The molecule has 0 fully saturated rings. The highest BCUT2D eigenvalue weighted by atomic mass is 15.0. The van der Waals surface area contributed by atoms with E-state index in [0.29, 0.717) is 0 Å². The summed E-state index contributed by atoms with van der Waals surface area (Å²) in [5.74, 6) is 0.898. The van der Waals surface area contributed by atoms with Gasteiger partial charge in [0.1, 0.15) is 0 Å². The van der Waals surface area contributed by atoms with Gasteiger partial charge in [-0.15, -0.1) is 0 Å². The maximum atomic E-state index is 2.25. The standard InChI is InChI=1S/C15H17N.C6H14.C2H6/c1-3-7-14(8-4-2)16-12-11-13-9-5-6-10-15(13)16;1-4-5-6(2)3;1-2/h3,5-12H,4H2,1-2H3;6H,4-5H2,1-3H3;1-2H3/b7-3-,14-8+;;. The molecule has 0 atom stereocenters. The molecule has 0 aliphatic heterocycles. The Kier molecular flexibility index (Phi) is 12.7. The molecule has 1 heteroatoms.